The summed E-state index contributed by atoms with van der Waals surface area (Å²) in [4.78, 5) is 13.6. The first-order valence-corrected chi connectivity index (χ1v) is 7.84. The van der Waals surface area contributed by atoms with E-state index in [9.17, 15) is 23.1 Å². The molecule has 1 saturated heterocycles. The molecule has 0 radical (unpaired) electrons. The maximum absolute atomic E-state index is 12.8. The van der Waals surface area contributed by atoms with Gasteiger partial charge in [0, 0.05) is 6.54 Å². The van der Waals surface area contributed by atoms with Gasteiger partial charge in [-0.15, -0.1) is 0 Å². The number of halogens is 3. The molecule has 0 bridgehead atoms. The molecule has 0 aliphatic carbocycles. The SMILES string of the molecule is CC(C)(C)OC(=O)N1CCC[C@H]1C(O)c1cccc(C(F)(F)F)c1. The van der Waals surface area contributed by atoms with Crippen molar-refractivity contribution in [3.05, 3.63) is 35.4 Å². The number of hydrogen-bond donors (Lipinski definition) is 1. The van der Waals surface area contributed by atoms with Crippen molar-refractivity contribution < 1.29 is 27.8 Å². The Bertz CT molecular complexity index is 595. The van der Waals surface area contributed by atoms with Gasteiger partial charge in [-0.2, -0.15) is 13.2 Å². The highest BCUT2D eigenvalue weighted by Crippen LogP contribution is 2.34. The van der Waals surface area contributed by atoms with Gasteiger partial charge in [-0.25, -0.2) is 4.79 Å². The summed E-state index contributed by atoms with van der Waals surface area (Å²) in [5.74, 6) is 0. The van der Waals surface area contributed by atoms with Gasteiger partial charge < -0.3 is 14.7 Å². The Labute approximate surface area is 139 Å². The number of aliphatic hydroxyl groups excluding tert-OH is 1. The number of benzene rings is 1. The Morgan fingerprint density at radius 1 is 1.33 bits per heavy atom. The molecule has 0 aromatic heterocycles. The van der Waals surface area contributed by atoms with Crippen LogP contribution < -0.4 is 0 Å². The first kappa shape index (κ1) is 18.6. The number of hydrogen-bond acceptors (Lipinski definition) is 3. The summed E-state index contributed by atoms with van der Waals surface area (Å²) < 4.78 is 43.8. The highest BCUT2D eigenvalue weighted by Gasteiger charge is 2.38. The average Bonchev–Trinajstić information content (AvgIpc) is 2.93. The second-order valence-electron chi connectivity index (χ2n) is 6.95. The van der Waals surface area contributed by atoms with E-state index in [1.54, 1.807) is 20.8 Å². The molecule has 1 amide bonds. The van der Waals surface area contributed by atoms with Gasteiger partial charge in [0.2, 0.25) is 0 Å². The monoisotopic (exact) mass is 345 g/mol. The molecule has 4 nitrogen and oxygen atoms in total. The zero-order valence-corrected chi connectivity index (χ0v) is 13.9. The van der Waals surface area contributed by atoms with Crippen LogP contribution in [0.3, 0.4) is 0 Å². The second-order valence-corrected chi connectivity index (χ2v) is 6.95. The molecule has 1 fully saturated rings. The maximum atomic E-state index is 12.8. The lowest BCUT2D eigenvalue weighted by molar-refractivity contribution is -0.137. The van der Waals surface area contributed by atoms with E-state index in [0.717, 1.165) is 12.1 Å². The lowest BCUT2D eigenvalue weighted by atomic mass is 9.98. The van der Waals surface area contributed by atoms with E-state index in [1.165, 1.54) is 17.0 Å². The van der Waals surface area contributed by atoms with Gasteiger partial charge in [0.15, 0.2) is 0 Å². The van der Waals surface area contributed by atoms with Crippen LogP contribution in [0.15, 0.2) is 24.3 Å². The highest BCUT2D eigenvalue weighted by molar-refractivity contribution is 5.69. The van der Waals surface area contributed by atoms with Crippen LogP contribution in [0.5, 0.6) is 0 Å². The van der Waals surface area contributed by atoms with E-state index >= 15 is 0 Å². The van der Waals surface area contributed by atoms with Gasteiger partial charge >= 0.3 is 12.3 Å². The molecule has 1 aromatic carbocycles. The first-order chi connectivity index (χ1) is 11.0. The van der Waals surface area contributed by atoms with E-state index < -0.39 is 35.6 Å². The number of carbonyl (C=O) groups excluding carboxylic acids is 1. The fourth-order valence-electron chi connectivity index (χ4n) is 2.79. The van der Waals surface area contributed by atoms with Gasteiger partial charge in [-0.05, 0) is 51.3 Å². The second kappa shape index (κ2) is 6.63. The van der Waals surface area contributed by atoms with Crippen LogP contribution in [-0.4, -0.2) is 34.3 Å². The minimum Gasteiger partial charge on any atom is -0.444 e. The van der Waals surface area contributed by atoms with Crippen molar-refractivity contribution in [1.29, 1.82) is 0 Å². The predicted molar refractivity (Wildman–Crippen MR) is 82.4 cm³/mol. The third kappa shape index (κ3) is 4.41. The molecule has 2 atom stereocenters. The molecule has 1 heterocycles. The highest BCUT2D eigenvalue weighted by atomic mass is 19.4. The Balaban J connectivity index is 2.19. The number of likely N-dealkylation sites (tertiary alicyclic amines) is 1. The van der Waals surface area contributed by atoms with Crippen LogP contribution in [0, 0.1) is 0 Å². The molecular weight excluding hydrogens is 323 g/mol. The van der Waals surface area contributed by atoms with Gasteiger partial charge in [0.25, 0.3) is 0 Å². The first-order valence-electron chi connectivity index (χ1n) is 7.84. The number of alkyl halides is 3. The Morgan fingerprint density at radius 3 is 2.58 bits per heavy atom. The fraction of sp³-hybridized carbons (Fsp3) is 0.588. The number of amides is 1. The summed E-state index contributed by atoms with van der Waals surface area (Å²) >= 11 is 0. The van der Waals surface area contributed by atoms with Gasteiger partial charge in [0.05, 0.1) is 17.7 Å². The number of nitrogens with zero attached hydrogens (tertiary/aromatic N) is 1. The molecule has 1 aliphatic rings. The van der Waals surface area contributed by atoms with Crippen molar-refractivity contribution in [3.63, 3.8) is 0 Å². The van der Waals surface area contributed by atoms with Crippen molar-refractivity contribution in [2.75, 3.05) is 6.54 Å². The Kier molecular flexibility index (Phi) is 5.13. The minimum atomic E-state index is -4.48. The smallest absolute Gasteiger partial charge is 0.416 e. The lowest BCUT2D eigenvalue weighted by Crippen LogP contribution is -2.42. The minimum absolute atomic E-state index is 0.144. The third-order valence-corrected chi connectivity index (χ3v) is 3.85. The van der Waals surface area contributed by atoms with Crippen molar-refractivity contribution in [3.8, 4) is 0 Å². The number of carbonyl (C=O) groups is 1. The van der Waals surface area contributed by atoms with Gasteiger partial charge in [-0.3, -0.25) is 0 Å². The van der Waals surface area contributed by atoms with Gasteiger partial charge in [0.1, 0.15) is 5.60 Å². The van der Waals surface area contributed by atoms with E-state index in [0.29, 0.717) is 19.4 Å². The van der Waals surface area contributed by atoms with Crippen LogP contribution >= 0.6 is 0 Å². The van der Waals surface area contributed by atoms with Crippen LogP contribution in [0.4, 0.5) is 18.0 Å². The van der Waals surface area contributed by atoms with Crippen molar-refractivity contribution in [1.82, 2.24) is 4.90 Å². The molecule has 2 rings (SSSR count). The standard InChI is InChI=1S/C17H22F3NO3/c1-16(2,3)24-15(23)21-9-5-8-13(21)14(22)11-6-4-7-12(10-11)17(18,19)20/h4,6-7,10,13-14,22H,5,8-9H2,1-3H3/t13-,14?/m0/s1. The Morgan fingerprint density at radius 2 is 2.00 bits per heavy atom. The summed E-state index contributed by atoms with van der Waals surface area (Å²) in [5, 5.41) is 10.5. The Hall–Kier alpha value is -1.76. The van der Waals surface area contributed by atoms with Crippen LogP contribution in [0.25, 0.3) is 0 Å². The summed E-state index contributed by atoms with van der Waals surface area (Å²) in [6.45, 7) is 5.62. The molecule has 0 saturated carbocycles. The summed E-state index contributed by atoms with van der Waals surface area (Å²) in [6.07, 6.45) is -5.05. The molecule has 0 spiro atoms. The zero-order chi connectivity index (χ0) is 18.1. The normalized spacial score (nSPS) is 20.1. The number of rotatable bonds is 2. The summed E-state index contributed by atoms with van der Waals surface area (Å²) in [5.41, 5.74) is -1.35. The quantitative estimate of drug-likeness (QED) is 0.876. The fourth-order valence-corrected chi connectivity index (χ4v) is 2.79. The van der Waals surface area contributed by atoms with E-state index in [2.05, 4.69) is 0 Å². The van der Waals surface area contributed by atoms with Crippen molar-refractivity contribution in [2.24, 2.45) is 0 Å². The van der Waals surface area contributed by atoms with Gasteiger partial charge in [-0.1, -0.05) is 12.1 Å². The topological polar surface area (TPSA) is 49.8 Å². The molecule has 7 heteroatoms. The van der Waals surface area contributed by atoms with Crippen LogP contribution in [0.1, 0.15) is 50.8 Å². The molecule has 1 aromatic rings. The number of aliphatic hydroxyl groups is 1. The molecular formula is C17H22F3NO3. The van der Waals surface area contributed by atoms with E-state index in [-0.39, 0.29) is 5.56 Å². The molecule has 24 heavy (non-hydrogen) atoms. The zero-order valence-electron chi connectivity index (χ0n) is 13.9. The van der Waals surface area contributed by atoms with Crippen LogP contribution in [0.2, 0.25) is 0 Å². The lowest BCUT2D eigenvalue weighted by Gasteiger charge is -2.31. The molecule has 134 valence electrons. The average molecular weight is 345 g/mol. The van der Waals surface area contributed by atoms with Crippen molar-refractivity contribution in [2.45, 2.75) is 57.5 Å². The predicted octanol–water partition coefficient (Wildman–Crippen LogP) is 4.14. The maximum Gasteiger partial charge on any atom is 0.416 e. The summed E-state index contributed by atoms with van der Waals surface area (Å²) in [7, 11) is 0. The number of ether oxygens (including phenoxy) is 1. The third-order valence-electron chi connectivity index (χ3n) is 3.85. The van der Waals surface area contributed by atoms with E-state index in [4.69, 9.17) is 4.74 Å². The van der Waals surface area contributed by atoms with E-state index in [1.807, 2.05) is 0 Å². The van der Waals surface area contributed by atoms with Crippen LogP contribution in [-0.2, 0) is 10.9 Å². The molecule has 1 N–H and O–H groups in total. The molecule has 1 aliphatic heterocycles. The largest absolute Gasteiger partial charge is 0.444 e. The van der Waals surface area contributed by atoms with Crippen molar-refractivity contribution >= 4 is 6.09 Å². The molecule has 1 unspecified atom stereocenters. The summed E-state index contributed by atoms with van der Waals surface area (Å²) in [6, 6.07) is 3.98.